The highest BCUT2D eigenvalue weighted by Gasteiger charge is 2.28. The summed E-state index contributed by atoms with van der Waals surface area (Å²) in [6, 6.07) is 45.1. The van der Waals surface area contributed by atoms with Crippen molar-refractivity contribution in [2.75, 3.05) is 16.8 Å². The lowest BCUT2D eigenvalue weighted by molar-refractivity contribution is -0.112. The number of aromatic nitrogens is 5. The van der Waals surface area contributed by atoms with E-state index in [0.29, 0.717) is 41.3 Å². The van der Waals surface area contributed by atoms with E-state index < -0.39 is 5.24 Å². The highest BCUT2D eigenvalue weighted by atomic mass is 35.5. The minimum Gasteiger partial charge on any atom is -0.412 e. The van der Waals surface area contributed by atoms with E-state index in [1.54, 1.807) is 18.2 Å². The number of allylic oxidation sites excluding steroid dienone is 1. The number of halogens is 2. The van der Waals surface area contributed by atoms with Gasteiger partial charge in [0, 0.05) is 125 Å². The number of nitrogens with one attached hydrogen (secondary N) is 4. The number of benzene rings is 7. The van der Waals surface area contributed by atoms with Crippen molar-refractivity contribution in [2.24, 2.45) is 0 Å². The molecule has 0 unspecified atom stereocenters. The molecule has 0 aliphatic heterocycles. The maximum atomic E-state index is 12.2. The molecule has 1 amide bonds. The Balaban J connectivity index is 0.000000138. The second kappa shape index (κ2) is 25.3. The van der Waals surface area contributed by atoms with E-state index in [1.165, 1.54) is 11.5 Å². The van der Waals surface area contributed by atoms with Gasteiger partial charge in [0.2, 0.25) is 11.1 Å². The minimum absolute atomic E-state index is 0. The van der Waals surface area contributed by atoms with E-state index >= 15 is 0 Å². The number of fused-ring (bicyclic) bond motifs is 15. The number of nitrogens with zero attached hydrogens (tertiary/aromatic N) is 2. The highest BCUT2D eigenvalue weighted by molar-refractivity contribution is 6.66. The molecule has 0 saturated carbocycles. The average molecular weight is 1170 g/mol. The summed E-state index contributed by atoms with van der Waals surface area (Å²) in [5.41, 5.74) is 26.6. The van der Waals surface area contributed by atoms with Crippen molar-refractivity contribution in [3.05, 3.63) is 216 Å². The summed E-state index contributed by atoms with van der Waals surface area (Å²) >= 11 is 10.7. The fourth-order valence-electron chi connectivity index (χ4n) is 11.0. The standard InChI is InChI=1S/C23H17N3O2.C21H16N2O.C14H9ClN2O.C6H6BN.C3H3ClO.2H2O/c1-2-21(28)25-15-5-3-4-13(10-15)19-11-17-14(12-24-19)6-7-16-22-18(26-23(16)17)8-9-20(22)27;22-15-3-1-2-13(10-15)14-5-4-12-6-7-16-20-18(8-9-19(20)24)23-21(16)17(12)11-14;15-12-5-9-7(6-16-12)1-2-8-13-10(17-14(8)9)3-4-11(13)18;7-5-2-1-3-6(8)4-5;1-2-3(4)5;;/h2-7,10-12,26H,1,8-9H2,(H,25,28);1-7,10-11,23H,8-9,22H2;1-2,5-6,16H,3-4H2;1-4H,8H2;2H,1H2;2*1H2. The molecule has 5 heterocycles. The van der Waals surface area contributed by atoms with Gasteiger partial charge in [-0.25, -0.2) is 0 Å². The van der Waals surface area contributed by atoms with E-state index in [0.717, 1.165) is 147 Å². The molecule has 0 saturated heterocycles. The lowest BCUT2D eigenvalue weighted by atomic mass is 9.96. The number of aromatic amines is 3. The van der Waals surface area contributed by atoms with Crippen LogP contribution in [-0.4, -0.2) is 72.2 Å². The molecule has 12 aromatic rings. The van der Waals surface area contributed by atoms with Crippen LogP contribution in [-0.2, 0) is 28.9 Å². The number of carbonyl (C=O) groups excluding carboxylic acids is 5. The fourth-order valence-corrected chi connectivity index (χ4v) is 11.2. The van der Waals surface area contributed by atoms with Crippen molar-refractivity contribution in [3.8, 4) is 22.4 Å². The van der Waals surface area contributed by atoms with Crippen LogP contribution in [0.25, 0.3) is 87.4 Å². The zero-order valence-electron chi connectivity index (χ0n) is 45.7. The average Bonchev–Trinajstić information content (AvgIpc) is 2.07. The molecule has 85 heavy (non-hydrogen) atoms. The molecule has 0 bridgehead atoms. The van der Waals surface area contributed by atoms with E-state index in [2.05, 4.69) is 79.8 Å². The number of amides is 1. The van der Waals surface area contributed by atoms with Crippen LogP contribution < -0.4 is 22.2 Å². The van der Waals surface area contributed by atoms with Gasteiger partial charge in [-0.1, -0.05) is 115 Å². The Bertz CT molecular complexity index is 4660. The topological polar surface area (TPSA) is 286 Å². The predicted molar refractivity (Wildman–Crippen MR) is 345 cm³/mol. The lowest BCUT2D eigenvalue weighted by Gasteiger charge is -2.07. The summed E-state index contributed by atoms with van der Waals surface area (Å²) in [4.78, 5) is 76.4. The number of Topliss-reactive ketones (excluding diaryl/α,β-unsaturated/α-hetero) is 3. The Labute approximate surface area is 498 Å². The van der Waals surface area contributed by atoms with Gasteiger partial charge in [0.05, 0.1) is 27.9 Å². The van der Waals surface area contributed by atoms with Crippen LogP contribution in [0, 0.1) is 0 Å². The molecule has 15 rings (SSSR count). The van der Waals surface area contributed by atoms with Gasteiger partial charge in [-0.05, 0) is 114 Å². The second-order valence-electron chi connectivity index (χ2n) is 20.2. The molecule has 0 atom stereocenters. The Morgan fingerprint density at radius 2 is 1.14 bits per heavy atom. The number of anilines is 3. The second-order valence-corrected chi connectivity index (χ2v) is 21.0. The Kier molecular flexibility index (Phi) is 17.7. The molecule has 0 fully saturated rings. The summed E-state index contributed by atoms with van der Waals surface area (Å²) < 4.78 is 0. The zero-order valence-corrected chi connectivity index (χ0v) is 47.2. The van der Waals surface area contributed by atoms with Gasteiger partial charge in [-0.3, -0.25) is 33.9 Å². The third kappa shape index (κ3) is 12.3. The van der Waals surface area contributed by atoms with Crippen molar-refractivity contribution in [1.29, 1.82) is 0 Å². The van der Waals surface area contributed by atoms with Gasteiger partial charge >= 0.3 is 0 Å². The molecule has 2 radical (unpaired) electrons. The number of hydrogen-bond acceptors (Lipinski definition) is 9. The van der Waals surface area contributed by atoms with Crippen LogP contribution in [0.15, 0.2) is 177 Å². The number of carbonyl (C=O) groups is 5. The first kappa shape index (κ1) is 59.7. The Morgan fingerprint density at radius 3 is 1.78 bits per heavy atom. The molecule has 5 aromatic heterocycles. The van der Waals surface area contributed by atoms with Crippen molar-refractivity contribution >= 4 is 147 Å². The van der Waals surface area contributed by atoms with Crippen molar-refractivity contribution in [2.45, 2.75) is 38.5 Å². The number of ketones is 3. The molecule has 3 aliphatic rings. The van der Waals surface area contributed by atoms with Gasteiger partial charge in [0.1, 0.15) is 13.0 Å². The number of nitrogens with two attached hydrogens (primary N) is 2. The Hall–Kier alpha value is -9.97. The molecule has 0 spiro atoms. The smallest absolute Gasteiger partial charge is 0.247 e. The maximum Gasteiger partial charge on any atom is 0.247 e. The molecule has 3 aliphatic carbocycles. The van der Waals surface area contributed by atoms with Gasteiger partial charge in [0.15, 0.2) is 17.3 Å². The monoisotopic (exact) mass is 1160 g/mol. The van der Waals surface area contributed by atoms with Crippen molar-refractivity contribution < 1.29 is 34.9 Å². The molecular formula is C67H55BCl2N8O7. The van der Waals surface area contributed by atoms with Gasteiger partial charge < -0.3 is 42.7 Å². The summed E-state index contributed by atoms with van der Waals surface area (Å²) in [6.45, 7) is 6.55. The third-order valence-electron chi connectivity index (χ3n) is 14.8. The van der Waals surface area contributed by atoms with Crippen LogP contribution in [0.4, 0.5) is 17.1 Å². The Morgan fingerprint density at radius 1 is 0.576 bits per heavy atom. The predicted octanol–water partition coefficient (Wildman–Crippen LogP) is 12.2. The number of aryl methyl sites for hydroxylation is 3. The minimum atomic E-state index is -0.509. The highest BCUT2D eigenvalue weighted by Crippen LogP contribution is 2.39. The number of rotatable bonds is 5. The third-order valence-corrected chi connectivity index (χ3v) is 15.2. The van der Waals surface area contributed by atoms with Gasteiger partial charge in [-0.2, -0.15) is 0 Å². The van der Waals surface area contributed by atoms with Gasteiger partial charge in [0.25, 0.3) is 0 Å². The van der Waals surface area contributed by atoms with E-state index in [4.69, 9.17) is 42.5 Å². The molecule has 18 heteroatoms. The van der Waals surface area contributed by atoms with E-state index in [9.17, 15) is 24.0 Å². The van der Waals surface area contributed by atoms with Crippen LogP contribution in [0.5, 0.6) is 0 Å². The van der Waals surface area contributed by atoms with E-state index in [1.807, 2.05) is 97.3 Å². The summed E-state index contributed by atoms with van der Waals surface area (Å²) in [6.07, 6.45) is 10.1. The lowest BCUT2D eigenvalue weighted by Crippen LogP contribution is -2.07. The quantitative estimate of drug-likeness (QED) is 0.0314. The van der Waals surface area contributed by atoms with Crippen LogP contribution in [0.1, 0.15) is 67.4 Å². The number of nitrogen functional groups attached to an aromatic ring is 2. The summed E-state index contributed by atoms with van der Waals surface area (Å²) in [7, 11) is 5.38. The fraction of sp³-hybridized carbons (Fsp3) is 0.0896. The zero-order chi connectivity index (χ0) is 58.1. The molecule has 422 valence electrons. The number of H-pyrrole nitrogens is 3. The summed E-state index contributed by atoms with van der Waals surface area (Å²) in [5.74, 6) is 0.416. The first-order valence-electron chi connectivity index (χ1n) is 26.7. The first-order valence-corrected chi connectivity index (χ1v) is 27.4. The molecular weight excluding hydrogens is 1110 g/mol. The molecule has 7 aromatic carbocycles. The SMILES string of the molecule is C=CC(=O)Cl.C=CC(=O)Nc1cccc(-c2cc3c(ccc4c5c([nH]c43)CCC5=O)cn2)c1.Nc1cccc(-c2ccc3ccc4c5c([nH]c4c3c2)CCC5=O)c1.O.O.O=C1CCc2nc3c(ccc4c[nH]c(Cl)cc43)c21.[B]c1cccc(N)c1. The van der Waals surface area contributed by atoms with Crippen molar-refractivity contribution in [3.63, 3.8) is 0 Å². The number of pyridine rings is 2. The van der Waals surface area contributed by atoms with Gasteiger partial charge in [-0.15, -0.1) is 0 Å². The van der Waals surface area contributed by atoms with E-state index in [-0.39, 0.29) is 34.2 Å². The molecule has 15 nitrogen and oxygen atoms in total. The molecule has 12 N–H and O–H groups in total. The largest absolute Gasteiger partial charge is 0.412 e. The van der Waals surface area contributed by atoms with Crippen LogP contribution in [0.3, 0.4) is 0 Å². The van der Waals surface area contributed by atoms with Crippen molar-refractivity contribution in [1.82, 2.24) is 24.9 Å². The van der Waals surface area contributed by atoms with Crippen LogP contribution >= 0.6 is 23.2 Å². The summed E-state index contributed by atoms with van der Waals surface area (Å²) in [5, 5.41) is 12.2. The first-order chi connectivity index (χ1) is 40.1. The maximum absolute atomic E-state index is 12.2. The normalized spacial score (nSPS) is 12.5. The van der Waals surface area contributed by atoms with Crippen LogP contribution in [0.2, 0.25) is 5.15 Å². The number of hydrogen-bond donors (Lipinski definition) is 6.